The number of rotatable bonds is 4. The summed E-state index contributed by atoms with van der Waals surface area (Å²) in [4.78, 5) is 17.3. The van der Waals surface area contributed by atoms with E-state index in [1.165, 1.54) is 16.8 Å². The number of hydrogen-bond donors (Lipinski definition) is 0. The smallest absolute Gasteiger partial charge is 0.272 e. The molecular weight excluding hydrogens is 371 g/mol. The Kier molecular flexibility index (Phi) is 5.33. The Morgan fingerprint density at radius 3 is 2.31 bits per heavy atom. The molecule has 0 saturated carbocycles. The molecule has 0 unspecified atom stereocenters. The van der Waals surface area contributed by atoms with E-state index in [1.54, 1.807) is 30.0 Å². The van der Waals surface area contributed by atoms with Crippen molar-refractivity contribution in [3.63, 3.8) is 0 Å². The Morgan fingerprint density at radius 1 is 1.00 bits per heavy atom. The topological polar surface area (TPSA) is 67.2 Å². The van der Waals surface area contributed by atoms with E-state index in [4.69, 9.17) is 0 Å². The van der Waals surface area contributed by atoms with Crippen LogP contribution in [0.2, 0.25) is 0 Å². The van der Waals surface area contributed by atoms with Crippen LogP contribution in [0.15, 0.2) is 54.6 Å². The molecule has 2 aromatic carbocycles. The zero-order chi connectivity index (χ0) is 20.2. The van der Waals surface area contributed by atoms with Gasteiger partial charge in [0.15, 0.2) is 5.82 Å². The molecule has 1 amide bonds. The summed E-state index contributed by atoms with van der Waals surface area (Å²) in [5, 5.41) is 11.6. The van der Waals surface area contributed by atoms with Crippen LogP contribution < -0.4 is 4.90 Å². The minimum Gasteiger partial charge on any atom is -0.368 e. The van der Waals surface area contributed by atoms with E-state index in [9.17, 15) is 9.18 Å². The van der Waals surface area contributed by atoms with Crippen molar-refractivity contribution in [1.82, 2.24) is 25.1 Å². The molecular formula is C21H21FN6O. The molecule has 0 N–H and O–H groups in total. The van der Waals surface area contributed by atoms with Gasteiger partial charge in [-0.2, -0.15) is 4.68 Å². The zero-order valence-electron chi connectivity index (χ0n) is 16.1. The van der Waals surface area contributed by atoms with Crippen LogP contribution in [-0.4, -0.2) is 57.2 Å². The van der Waals surface area contributed by atoms with E-state index in [-0.39, 0.29) is 11.7 Å². The van der Waals surface area contributed by atoms with E-state index in [0.717, 1.165) is 11.3 Å². The van der Waals surface area contributed by atoms with Gasteiger partial charge < -0.3 is 9.80 Å². The van der Waals surface area contributed by atoms with E-state index in [2.05, 4.69) is 20.4 Å². The van der Waals surface area contributed by atoms with Crippen LogP contribution in [0.25, 0.3) is 11.8 Å². The van der Waals surface area contributed by atoms with Gasteiger partial charge in [0.1, 0.15) is 11.5 Å². The summed E-state index contributed by atoms with van der Waals surface area (Å²) in [5.74, 6) is 0.170. The molecule has 1 saturated heterocycles. The van der Waals surface area contributed by atoms with Gasteiger partial charge in [0.25, 0.3) is 5.91 Å². The molecule has 0 radical (unpaired) electrons. The Balaban J connectivity index is 1.54. The highest BCUT2D eigenvalue weighted by molar-refractivity contribution is 6.18. The van der Waals surface area contributed by atoms with E-state index in [0.29, 0.717) is 37.7 Å². The second kappa shape index (κ2) is 8.22. The highest BCUT2D eigenvalue weighted by Gasteiger charge is 2.26. The Bertz CT molecular complexity index is 1010. The van der Waals surface area contributed by atoms with Crippen molar-refractivity contribution in [3.05, 3.63) is 71.8 Å². The fourth-order valence-electron chi connectivity index (χ4n) is 3.36. The second-order valence-corrected chi connectivity index (χ2v) is 6.83. The van der Waals surface area contributed by atoms with Gasteiger partial charge >= 0.3 is 0 Å². The summed E-state index contributed by atoms with van der Waals surface area (Å²) in [5.41, 5.74) is 2.26. The quantitative estimate of drug-likeness (QED) is 0.638. The van der Waals surface area contributed by atoms with Gasteiger partial charge in [-0.15, -0.1) is 5.10 Å². The van der Waals surface area contributed by atoms with Crippen molar-refractivity contribution >= 4 is 23.4 Å². The van der Waals surface area contributed by atoms with Crippen LogP contribution in [0.4, 0.5) is 10.1 Å². The highest BCUT2D eigenvalue weighted by Crippen LogP contribution is 2.20. The average Bonchev–Trinajstić information content (AvgIpc) is 3.18. The molecule has 0 bridgehead atoms. The van der Waals surface area contributed by atoms with Crippen LogP contribution in [0.1, 0.15) is 11.4 Å². The molecule has 1 aromatic heterocycles. The first-order chi connectivity index (χ1) is 14.1. The van der Waals surface area contributed by atoms with Crippen molar-refractivity contribution in [2.45, 2.75) is 6.92 Å². The Morgan fingerprint density at radius 2 is 1.69 bits per heavy atom. The molecule has 0 aliphatic carbocycles. The number of amides is 1. The average molecular weight is 392 g/mol. The van der Waals surface area contributed by atoms with Crippen LogP contribution in [0.3, 0.4) is 0 Å². The molecule has 7 nitrogen and oxygen atoms in total. The SMILES string of the molecule is Cc1nnnn1/C(=C\c1ccccc1)C(=O)N1CCN(c2ccc(F)cc2)CC1. The van der Waals surface area contributed by atoms with Crippen molar-refractivity contribution in [1.29, 1.82) is 0 Å². The maximum absolute atomic E-state index is 13.3. The molecule has 0 spiro atoms. The standard InChI is InChI=1S/C21H21FN6O/c1-16-23-24-25-28(16)20(15-17-5-3-2-4-6-17)21(29)27-13-11-26(12-14-27)19-9-7-18(22)8-10-19/h2-10,15H,11-14H2,1H3/b20-15-. The number of hydrogen-bond acceptors (Lipinski definition) is 5. The van der Waals surface area contributed by atoms with Crippen molar-refractivity contribution < 1.29 is 9.18 Å². The molecule has 29 heavy (non-hydrogen) atoms. The first-order valence-corrected chi connectivity index (χ1v) is 9.44. The van der Waals surface area contributed by atoms with Crippen LogP contribution in [0.5, 0.6) is 0 Å². The van der Waals surface area contributed by atoms with E-state index in [1.807, 2.05) is 30.3 Å². The fraction of sp³-hybridized carbons (Fsp3) is 0.238. The summed E-state index contributed by atoms with van der Waals surface area (Å²) in [6.07, 6.45) is 1.80. The third-order valence-corrected chi connectivity index (χ3v) is 4.93. The number of anilines is 1. The highest BCUT2D eigenvalue weighted by atomic mass is 19.1. The molecule has 4 rings (SSSR count). The summed E-state index contributed by atoms with van der Waals surface area (Å²) in [6.45, 7) is 4.22. The number of benzene rings is 2. The van der Waals surface area contributed by atoms with Gasteiger partial charge in [-0.05, 0) is 53.3 Å². The molecule has 1 aliphatic heterocycles. The second-order valence-electron chi connectivity index (χ2n) is 6.83. The van der Waals surface area contributed by atoms with Crippen molar-refractivity contribution in [2.24, 2.45) is 0 Å². The lowest BCUT2D eigenvalue weighted by Gasteiger charge is -2.36. The lowest BCUT2D eigenvalue weighted by atomic mass is 10.1. The molecule has 148 valence electrons. The molecule has 1 aliphatic rings. The molecule has 1 fully saturated rings. The number of carbonyl (C=O) groups is 1. The van der Waals surface area contributed by atoms with E-state index < -0.39 is 0 Å². The van der Waals surface area contributed by atoms with Gasteiger partial charge in [-0.3, -0.25) is 4.79 Å². The third-order valence-electron chi connectivity index (χ3n) is 4.93. The van der Waals surface area contributed by atoms with Crippen molar-refractivity contribution in [3.8, 4) is 0 Å². The van der Waals surface area contributed by atoms with Gasteiger partial charge in [0.05, 0.1) is 0 Å². The number of carbonyl (C=O) groups excluding carboxylic acids is 1. The molecule has 0 atom stereocenters. The molecule has 3 aromatic rings. The maximum atomic E-state index is 13.3. The lowest BCUT2D eigenvalue weighted by molar-refractivity contribution is -0.125. The number of piperazine rings is 1. The first-order valence-electron chi connectivity index (χ1n) is 9.44. The largest absolute Gasteiger partial charge is 0.368 e. The minimum atomic E-state index is -0.255. The van der Waals surface area contributed by atoms with Crippen LogP contribution in [0, 0.1) is 12.7 Å². The van der Waals surface area contributed by atoms with E-state index >= 15 is 0 Å². The monoisotopic (exact) mass is 392 g/mol. The summed E-state index contributed by atoms with van der Waals surface area (Å²) < 4.78 is 14.6. The predicted octanol–water partition coefficient (Wildman–Crippen LogP) is 2.47. The summed E-state index contributed by atoms with van der Waals surface area (Å²) >= 11 is 0. The zero-order valence-corrected chi connectivity index (χ0v) is 16.1. The van der Waals surface area contributed by atoms with Crippen LogP contribution in [-0.2, 0) is 4.79 Å². The number of aryl methyl sites for hydroxylation is 1. The van der Waals surface area contributed by atoms with Gasteiger partial charge in [-0.1, -0.05) is 30.3 Å². The van der Waals surface area contributed by atoms with Gasteiger partial charge in [0, 0.05) is 31.9 Å². The normalized spacial score (nSPS) is 14.9. The summed E-state index contributed by atoms with van der Waals surface area (Å²) in [7, 11) is 0. The predicted molar refractivity (Wildman–Crippen MR) is 108 cm³/mol. The lowest BCUT2D eigenvalue weighted by Crippen LogP contribution is -2.49. The Labute approximate surface area is 168 Å². The maximum Gasteiger partial charge on any atom is 0.272 e. The summed E-state index contributed by atoms with van der Waals surface area (Å²) in [6, 6.07) is 16.1. The Hall–Kier alpha value is -3.55. The third kappa shape index (κ3) is 4.16. The number of tetrazole rings is 1. The first kappa shape index (κ1) is 18.8. The van der Waals surface area contributed by atoms with Gasteiger partial charge in [0.2, 0.25) is 0 Å². The minimum absolute atomic E-state index is 0.122. The number of aromatic nitrogens is 4. The van der Waals surface area contributed by atoms with Crippen LogP contribution >= 0.6 is 0 Å². The number of nitrogens with zero attached hydrogens (tertiary/aromatic N) is 6. The van der Waals surface area contributed by atoms with Gasteiger partial charge in [-0.25, -0.2) is 4.39 Å². The molecule has 8 heteroatoms. The molecule has 2 heterocycles. The van der Waals surface area contributed by atoms with Crippen molar-refractivity contribution in [2.75, 3.05) is 31.1 Å². The fourth-order valence-corrected chi connectivity index (χ4v) is 3.36. The number of halogens is 1.